The van der Waals surface area contributed by atoms with Gasteiger partial charge in [0.05, 0.1) is 11.6 Å². The lowest BCUT2D eigenvalue weighted by atomic mass is 10.2. The molecule has 0 aliphatic heterocycles. The number of nitrogens with one attached hydrogen (secondary N) is 1. The van der Waals surface area contributed by atoms with E-state index in [1.165, 1.54) is 16.9 Å². The van der Waals surface area contributed by atoms with Crippen LogP contribution in [0.15, 0.2) is 35.7 Å². The molecule has 0 saturated carbocycles. The van der Waals surface area contributed by atoms with E-state index in [1.54, 1.807) is 5.38 Å². The largest absolute Gasteiger partial charge is 0.381 e. The maximum atomic E-state index is 11.9. The molecule has 0 spiro atoms. The van der Waals surface area contributed by atoms with Gasteiger partial charge in [-0.05, 0) is 24.9 Å². The van der Waals surface area contributed by atoms with Crippen molar-refractivity contribution in [3.8, 4) is 0 Å². The minimum atomic E-state index is -0.131. The highest BCUT2D eigenvalue weighted by atomic mass is 32.1. The van der Waals surface area contributed by atoms with Gasteiger partial charge in [0, 0.05) is 25.0 Å². The molecule has 3 N–H and O–H groups in total. The van der Waals surface area contributed by atoms with E-state index < -0.39 is 0 Å². The molecule has 23 heavy (non-hydrogen) atoms. The monoisotopic (exact) mass is 333 g/mol. The van der Waals surface area contributed by atoms with E-state index in [2.05, 4.69) is 22.4 Å². The Morgan fingerprint density at radius 2 is 2.04 bits per heavy atom. The summed E-state index contributed by atoms with van der Waals surface area (Å²) in [6.45, 7) is 2.48. The lowest BCUT2D eigenvalue weighted by Crippen LogP contribution is -2.25. The first-order valence-electron chi connectivity index (χ1n) is 7.84. The van der Waals surface area contributed by atoms with Crippen LogP contribution in [0.4, 0.5) is 0 Å². The van der Waals surface area contributed by atoms with Crippen molar-refractivity contribution < 1.29 is 9.53 Å². The SMILES string of the molecule is NCCc1nc(C(=O)NCCCOCCc2ccccc2)cs1. The lowest BCUT2D eigenvalue weighted by molar-refractivity contribution is 0.0937. The van der Waals surface area contributed by atoms with Gasteiger partial charge in [0.2, 0.25) is 0 Å². The van der Waals surface area contributed by atoms with Crippen LogP contribution < -0.4 is 11.1 Å². The Hall–Kier alpha value is -1.76. The summed E-state index contributed by atoms with van der Waals surface area (Å²) in [5.74, 6) is -0.131. The predicted octanol–water partition coefficient (Wildman–Crippen LogP) is 2.02. The molecule has 0 saturated heterocycles. The second kappa shape index (κ2) is 10.1. The smallest absolute Gasteiger partial charge is 0.270 e. The molecule has 6 heteroatoms. The van der Waals surface area contributed by atoms with Gasteiger partial charge < -0.3 is 15.8 Å². The number of hydrogen-bond donors (Lipinski definition) is 2. The molecule has 1 aromatic heterocycles. The number of nitrogens with zero attached hydrogens (tertiary/aromatic N) is 1. The Kier molecular flexibility index (Phi) is 7.72. The summed E-state index contributed by atoms with van der Waals surface area (Å²) in [5, 5.41) is 5.54. The van der Waals surface area contributed by atoms with Gasteiger partial charge >= 0.3 is 0 Å². The molecular formula is C17H23N3O2S. The number of rotatable bonds is 10. The Balaban J connectivity index is 1.53. The van der Waals surface area contributed by atoms with Crippen LogP contribution in [0.5, 0.6) is 0 Å². The van der Waals surface area contributed by atoms with Crippen molar-refractivity contribution in [2.24, 2.45) is 5.73 Å². The van der Waals surface area contributed by atoms with Gasteiger partial charge in [-0.1, -0.05) is 30.3 Å². The Labute approximate surface area is 140 Å². The standard InChI is InChI=1S/C17H23N3O2S/c18-9-7-16-20-15(13-23-16)17(21)19-10-4-11-22-12-8-14-5-2-1-3-6-14/h1-3,5-6,13H,4,7-12,18H2,(H,19,21). The van der Waals surface area contributed by atoms with Crippen LogP contribution in [0.3, 0.4) is 0 Å². The van der Waals surface area contributed by atoms with Gasteiger partial charge in [-0.25, -0.2) is 4.98 Å². The van der Waals surface area contributed by atoms with Crippen molar-refractivity contribution in [2.75, 3.05) is 26.3 Å². The highest BCUT2D eigenvalue weighted by molar-refractivity contribution is 7.09. The molecule has 0 bridgehead atoms. The molecule has 1 aromatic carbocycles. The maximum absolute atomic E-state index is 11.9. The second-order valence-corrected chi connectivity index (χ2v) is 6.07. The normalized spacial score (nSPS) is 10.7. The Morgan fingerprint density at radius 1 is 1.22 bits per heavy atom. The number of thiazole rings is 1. The van der Waals surface area contributed by atoms with Gasteiger partial charge in [0.1, 0.15) is 5.69 Å². The Morgan fingerprint density at radius 3 is 2.83 bits per heavy atom. The number of aromatic nitrogens is 1. The number of carbonyl (C=O) groups is 1. The summed E-state index contributed by atoms with van der Waals surface area (Å²) in [6, 6.07) is 10.3. The van der Waals surface area contributed by atoms with Crippen LogP contribution in [-0.4, -0.2) is 37.2 Å². The fourth-order valence-corrected chi connectivity index (χ4v) is 2.85. The summed E-state index contributed by atoms with van der Waals surface area (Å²) in [6.07, 6.45) is 2.42. The van der Waals surface area contributed by atoms with Gasteiger partial charge in [0.15, 0.2) is 0 Å². The van der Waals surface area contributed by atoms with Crippen molar-refractivity contribution >= 4 is 17.2 Å². The summed E-state index contributed by atoms with van der Waals surface area (Å²) in [5.41, 5.74) is 7.22. The average molecular weight is 333 g/mol. The molecular weight excluding hydrogens is 310 g/mol. The lowest BCUT2D eigenvalue weighted by Gasteiger charge is -2.05. The molecule has 2 rings (SSSR count). The minimum Gasteiger partial charge on any atom is -0.381 e. The van der Waals surface area contributed by atoms with E-state index in [0.29, 0.717) is 38.4 Å². The molecule has 0 radical (unpaired) electrons. The number of hydrogen-bond acceptors (Lipinski definition) is 5. The number of ether oxygens (including phenoxy) is 1. The van der Waals surface area contributed by atoms with Gasteiger partial charge in [0.25, 0.3) is 5.91 Å². The summed E-state index contributed by atoms with van der Waals surface area (Å²) < 4.78 is 5.58. The first-order chi connectivity index (χ1) is 11.3. The van der Waals surface area contributed by atoms with Crippen molar-refractivity contribution in [2.45, 2.75) is 19.3 Å². The topological polar surface area (TPSA) is 77.2 Å². The fourth-order valence-electron chi connectivity index (χ4n) is 2.06. The van der Waals surface area contributed by atoms with Crippen molar-refractivity contribution in [3.05, 3.63) is 52.0 Å². The molecule has 0 unspecified atom stereocenters. The molecule has 1 heterocycles. The molecule has 2 aromatic rings. The third-order valence-electron chi connectivity index (χ3n) is 3.27. The van der Waals surface area contributed by atoms with Crippen LogP contribution >= 0.6 is 11.3 Å². The number of amides is 1. The highest BCUT2D eigenvalue weighted by Gasteiger charge is 2.09. The molecule has 0 atom stereocenters. The van der Waals surface area contributed by atoms with E-state index in [4.69, 9.17) is 10.5 Å². The average Bonchev–Trinajstić information content (AvgIpc) is 3.04. The quantitative estimate of drug-likeness (QED) is 0.652. The number of carbonyl (C=O) groups excluding carboxylic acids is 1. The molecule has 124 valence electrons. The highest BCUT2D eigenvalue weighted by Crippen LogP contribution is 2.09. The van der Waals surface area contributed by atoms with E-state index >= 15 is 0 Å². The second-order valence-electron chi connectivity index (χ2n) is 5.12. The third-order valence-corrected chi connectivity index (χ3v) is 4.18. The Bertz CT molecular complexity index is 587. The van der Waals surface area contributed by atoms with Crippen LogP contribution in [0.1, 0.15) is 27.5 Å². The van der Waals surface area contributed by atoms with Gasteiger partial charge in [-0.2, -0.15) is 0 Å². The molecule has 0 fully saturated rings. The van der Waals surface area contributed by atoms with Crippen LogP contribution in [-0.2, 0) is 17.6 Å². The van der Waals surface area contributed by atoms with Crippen molar-refractivity contribution in [1.29, 1.82) is 0 Å². The summed E-state index contributed by atoms with van der Waals surface area (Å²) >= 11 is 1.47. The first-order valence-corrected chi connectivity index (χ1v) is 8.72. The van der Waals surface area contributed by atoms with Crippen LogP contribution in [0, 0.1) is 0 Å². The zero-order valence-electron chi connectivity index (χ0n) is 13.2. The summed E-state index contributed by atoms with van der Waals surface area (Å²) in [7, 11) is 0. The van der Waals surface area contributed by atoms with E-state index in [1.807, 2.05) is 18.2 Å². The van der Waals surface area contributed by atoms with E-state index in [9.17, 15) is 4.79 Å². The van der Waals surface area contributed by atoms with E-state index in [0.717, 1.165) is 17.8 Å². The minimum absolute atomic E-state index is 0.131. The summed E-state index contributed by atoms with van der Waals surface area (Å²) in [4.78, 5) is 16.2. The van der Waals surface area contributed by atoms with Crippen LogP contribution in [0.2, 0.25) is 0 Å². The molecule has 5 nitrogen and oxygen atoms in total. The van der Waals surface area contributed by atoms with Gasteiger partial charge in [-0.15, -0.1) is 11.3 Å². The zero-order valence-corrected chi connectivity index (χ0v) is 14.0. The fraction of sp³-hybridized carbons (Fsp3) is 0.412. The number of benzene rings is 1. The van der Waals surface area contributed by atoms with Gasteiger partial charge in [-0.3, -0.25) is 4.79 Å². The predicted molar refractivity (Wildman–Crippen MR) is 92.8 cm³/mol. The van der Waals surface area contributed by atoms with E-state index in [-0.39, 0.29) is 5.91 Å². The zero-order chi connectivity index (χ0) is 16.3. The van der Waals surface area contributed by atoms with Crippen molar-refractivity contribution in [1.82, 2.24) is 10.3 Å². The van der Waals surface area contributed by atoms with Crippen molar-refractivity contribution in [3.63, 3.8) is 0 Å². The maximum Gasteiger partial charge on any atom is 0.270 e. The molecule has 0 aliphatic rings. The first kappa shape index (κ1) is 17.6. The molecule has 1 amide bonds. The molecule has 0 aliphatic carbocycles. The third kappa shape index (κ3) is 6.48. The van der Waals surface area contributed by atoms with Crippen LogP contribution in [0.25, 0.3) is 0 Å². The number of nitrogens with two attached hydrogens (primary N) is 1.